The lowest BCUT2D eigenvalue weighted by atomic mass is 10.1. The molecule has 0 atom stereocenters. The molecule has 2 aromatic carbocycles. The van der Waals surface area contributed by atoms with Crippen LogP contribution in [-0.2, 0) is 13.2 Å². The number of aliphatic hydroxyl groups excluding tert-OH is 1. The highest BCUT2D eigenvalue weighted by Crippen LogP contribution is 2.29. The van der Waals surface area contributed by atoms with Crippen LogP contribution in [0.1, 0.15) is 16.7 Å². The van der Waals surface area contributed by atoms with Gasteiger partial charge in [0.25, 0.3) is 0 Å². The van der Waals surface area contributed by atoms with Crippen molar-refractivity contribution in [1.29, 1.82) is 5.26 Å². The molecule has 0 saturated heterocycles. The van der Waals surface area contributed by atoms with E-state index in [1.807, 2.05) is 30.3 Å². The summed E-state index contributed by atoms with van der Waals surface area (Å²) in [4.78, 5) is 0. The van der Waals surface area contributed by atoms with E-state index < -0.39 is 0 Å². The summed E-state index contributed by atoms with van der Waals surface area (Å²) in [6, 6.07) is 14.9. The molecule has 2 aromatic rings. The Morgan fingerprint density at radius 2 is 2.00 bits per heavy atom. The maximum Gasteiger partial charge on any atom is 0.139 e. The van der Waals surface area contributed by atoms with Crippen molar-refractivity contribution in [1.82, 2.24) is 0 Å². The van der Waals surface area contributed by atoms with Crippen LogP contribution >= 0.6 is 15.9 Å². The highest BCUT2D eigenvalue weighted by molar-refractivity contribution is 9.10. The van der Waals surface area contributed by atoms with E-state index in [9.17, 15) is 5.11 Å². The van der Waals surface area contributed by atoms with Gasteiger partial charge < -0.3 is 9.84 Å². The number of hydrogen-bond donors (Lipinski definition) is 1. The molecule has 19 heavy (non-hydrogen) atoms. The van der Waals surface area contributed by atoms with Gasteiger partial charge in [-0.25, -0.2) is 0 Å². The molecule has 0 heterocycles. The molecule has 4 heteroatoms. The molecule has 0 saturated carbocycles. The molecule has 96 valence electrons. The van der Waals surface area contributed by atoms with Gasteiger partial charge in [0.1, 0.15) is 12.4 Å². The Bertz CT molecular complexity index is 620. The number of halogens is 1. The maximum atomic E-state index is 9.28. The van der Waals surface area contributed by atoms with E-state index in [1.54, 1.807) is 12.1 Å². The van der Waals surface area contributed by atoms with Crippen molar-refractivity contribution in [3.05, 3.63) is 63.6 Å². The van der Waals surface area contributed by atoms with Gasteiger partial charge in [0.15, 0.2) is 0 Å². The fourth-order valence-electron chi connectivity index (χ4n) is 1.73. The van der Waals surface area contributed by atoms with Crippen LogP contribution in [0.2, 0.25) is 0 Å². The molecule has 2 rings (SSSR count). The first-order chi connectivity index (χ1) is 9.24. The minimum Gasteiger partial charge on any atom is -0.487 e. The number of ether oxygens (including phenoxy) is 1. The van der Waals surface area contributed by atoms with Crippen LogP contribution < -0.4 is 4.74 Å². The third kappa shape index (κ3) is 3.34. The molecular formula is C15H12BrNO2. The zero-order chi connectivity index (χ0) is 13.7. The summed E-state index contributed by atoms with van der Waals surface area (Å²) in [5, 5.41) is 18.1. The average Bonchev–Trinajstić information content (AvgIpc) is 2.46. The molecule has 0 fully saturated rings. The van der Waals surface area contributed by atoms with Crippen molar-refractivity contribution in [3.8, 4) is 11.8 Å². The van der Waals surface area contributed by atoms with Crippen molar-refractivity contribution in [2.24, 2.45) is 0 Å². The van der Waals surface area contributed by atoms with Crippen molar-refractivity contribution in [3.63, 3.8) is 0 Å². The molecule has 0 aromatic heterocycles. The van der Waals surface area contributed by atoms with Crippen LogP contribution in [0, 0.1) is 11.3 Å². The predicted octanol–water partition coefficient (Wildman–Crippen LogP) is 3.39. The van der Waals surface area contributed by atoms with Gasteiger partial charge in [-0.2, -0.15) is 5.26 Å². The maximum absolute atomic E-state index is 9.28. The molecule has 0 aliphatic heterocycles. The van der Waals surface area contributed by atoms with Crippen LogP contribution in [0.5, 0.6) is 5.75 Å². The lowest BCUT2D eigenvalue weighted by Crippen LogP contribution is -2.00. The SMILES string of the molecule is N#Cc1cccc(COc2c(Br)cccc2CO)c1. The third-order valence-corrected chi connectivity index (χ3v) is 3.28. The zero-order valence-electron chi connectivity index (χ0n) is 10.1. The van der Waals surface area contributed by atoms with E-state index in [4.69, 9.17) is 10.00 Å². The summed E-state index contributed by atoms with van der Waals surface area (Å²) in [5.74, 6) is 0.632. The normalized spacial score (nSPS) is 9.95. The summed E-state index contributed by atoms with van der Waals surface area (Å²) in [6.45, 7) is 0.276. The number of hydrogen-bond acceptors (Lipinski definition) is 3. The third-order valence-electron chi connectivity index (χ3n) is 2.66. The van der Waals surface area contributed by atoms with E-state index in [-0.39, 0.29) is 6.61 Å². The van der Waals surface area contributed by atoms with Gasteiger partial charge in [0.2, 0.25) is 0 Å². The van der Waals surface area contributed by atoms with Crippen LogP contribution in [-0.4, -0.2) is 5.11 Å². The Labute approximate surface area is 120 Å². The standard InChI is InChI=1S/C15H12BrNO2/c16-14-6-2-5-13(9-18)15(14)19-10-12-4-1-3-11(7-12)8-17/h1-7,18H,9-10H2. The molecule has 0 bridgehead atoms. The second-order valence-corrected chi connectivity index (χ2v) is 4.84. The molecule has 1 N–H and O–H groups in total. The Hall–Kier alpha value is -1.83. The minimum absolute atomic E-state index is 0.0764. The van der Waals surface area contributed by atoms with E-state index >= 15 is 0 Å². The highest BCUT2D eigenvalue weighted by atomic mass is 79.9. The second-order valence-electron chi connectivity index (χ2n) is 3.99. The number of para-hydroxylation sites is 1. The molecule has 0 radical (unpaired) electrons. The molecule has 0 unspecified atom stereocenters. The first kappa shape index (κ1) is 13.6. The Morgan fingerprint density at radius 1 is 1.21 bits per heavy atom. The molecule has 3 nitrogen and oxygen atoms in total. The van der Waals surface area contributed by atoms with Gasteiger partial charge in [-0.15, -0.1) is 0 Å². The Kier molecular flexibility index (Phi) is 4.56. The van der Waals surface area contributed by atoms with Crippen molar-refractivity contribution in [2.45, 2.75) is 13.2 Å². The van der Waals surface area contributed by atoms with Crippen molar-refractivity contribution in [2.75, 3.05) is 0 Å². The molecule has 0 aliphatic carbocycles. The topological polar surface area (TPSA) is 53.2 Å². The van der Waals surface area contributed by atoms with Crippen molar-refractivity contribution >= 4 is 15.9 Å². The predicted molar refractivity (Wildman–Crippen MR) is 75.6 cm³/mol. The van der Waals surface area contributed by atoms with Crippen LogP contribution in [0.3, 0.4) is 0 Å². The number of nitriles is 1. The molecular weight excluding hydrogens is 306 g/mol. The first-order valence-corrected chi connectivity index (χ1v) is 6.54. The van der Waals surface area contributed by atoms with Gasteiger partial charge in [0.05, 0.1) is 22.7 Å². The van der Waals surface area contributed by atoms with Gasteiger partial charge >= 0.3 is 0 Å². The van der Waals surface area contributed by atoms with Gasteiger partial charge in [-0.1, -0.05) is 24.3 Å². The van der Waals surface area contributed by atoms with E-state index in [1.165, 1.54) is 0 Å². The number of benzene rings is 2. The van der Waals surface area contributed by atoms with Crippen LogP contribution in [0.25, 0.3) is 0 Å². The average molecular weight is 318 g/mol. The van der Waals surface area contributed by atoms with E-state index in [0.717, 1.165) is 15.6 Å². The summed E-state index contributed by atoms with van der Waals surface area (Å²) in [6.07, 6.45) is 0. The Balaban J connectivity index is 2.17. The zero-order valence-corrected chi connectivity index (χ0v) is 11.7. The quantitative estimate of drug-likeness (QED) is 0.940. The van der Waals surface area contributed by atoms with Crippen LogP contribution in [0.15, 0.2) is 46.9 Å². The minimum atomic E-state index is -0.0764. The fraction of sp³-hybridized carbons (Fsp3) is 0.133. The lowest BCUT2D eigenvalue weighted by molar-refractivity contribution is 0.258. The monoisotopic (exact) mass is 317 g/mol. The first-order valence-electron chi connectivity index (χ1n) is 5.74. The largest absolute Gasteiger partial charge is 0.487 e. The van der Waals surface area contributed by atoms with E-state index in [2.05, 4.69) is 22.0 Å². The summed E-state index contributed by atoms with van der Waals surface area (Å²) >= 11 is 3.40. The van der Waals surface area contributed by atoms with Crippen molar-refractivity contribution < 1.29 is 9.84 Å². The highest BCUT2D eigenvalue weighted by Gasteiger charge is 2.07. The molecule has 0 spiro atoms. The smallest absolute Gasteiger partial charge is 0.139 e. The fourth-order valence-corrected chi connectivity index (χ4v) is 2.25. The van der Waals surface area contributed by atoms with Gasteiger partial charge in [0, 0.05) is 5.56 Å². The van der Waals surface area contributed by atoms with Gasteiger partial charge in [-0.3, -0.25) is 0 Å². The Morgan fingerprint density at radius 3 is 2.74 bits per heavy atom. The lowest BCUT2D eigenvalue weighted by Gasteiger charge is -2.12. The molecule has 0 amide bonds. The number of rotatable bonds is 4. The number of nitrogens with zero attached hydrogens (tertiary/aromatic N) is 1. The van der Waals surface area contributed by atoms with Gasteiger partial charge in [-0.05, 0) is 39.7 Å². The second kappa shape index (κ2) is 6.37. The summed E-state index contributed by atoms with van der Waals surface area (Å²) < 4.78 is 6.53. The number of aliphatic hydroxyl groups is 1. The molecule has 0 aliphatic rings. The van der Waals surface area contributed by atoms with E-state index in [0.29, 0.717) is 17.9 Å². The van der Waals surface area contributed by atoms with Crippen LogP contribution in [0.4, 0.5) is 0 Å². The summed E-state index contributed by atoms with van der Waals surface area (Å²) in [5.41, 5.74) is 2.25. The summed E-state index contributed by atoms with van der Waals surface area (Å²) in [7, 11) is 0.